The molecule has 106 valence electrons. The van der Waals surface area contributed by atoms with E-state index in [0.717, 1.165) is 0 Å². The second-order valence-electron chi connectivity index (χ2n) is 3.63. The van der Waals surface area contributed by atoms with E-state index >= 15 is 0 Å². The van der Waals surface area contributed by atoms with Crippen molar-refractivity contribution in [1.29, 1.82) is 0 Å². The molecule has 0 fully saturated rings. The summed E-state index contributed by atoms with van der Waals surface area (Å²) in [5.74, 6) is 1.19. The first kappa shape index (κ1) is 15.3. The van der Waals surface area contributed by atoms with Gasteiger partial charge < -0.3 is 24.2 Å². The highest BCUT2D eigenvalue weighted by molar-refractivity contribution is 5.80. The Bertz CT molecular complexity index is 395. The van der Waals surface area contributed by atoms with Crippen molar-refractivity contribution < 1.29 is 24.2 Å². The maximum atomic E-state index is 8.53. The molecule has 1 aromatic rings. The average Bonchev–Trinajstić information content (AvgIpc) is 2.42. The van der Waals surface area contributed by atoms with E-state index in [1.807, 2.05) is 0 Å². The van der Waals surface area contributed by atoms with Gasteiger partial charge >= 0.3 is 0 Å². The lowest BCUT2D eigenvalue weighted by atomic mass is 10.2. The van der Waals surface area contributed by atoms with Gasteiger partial charge in [-0.3, -0.25) is 0 Å². The van der Waals surface area contributed by atoms with Crippen molar-refractivity contribution in [2.75, 3.05) is 40.6 Å². The second-order valence-corrected chi connectivity index (χ2v) is 3.63. The van der Waals surface area contributed by atoms with E-state index in [4.69, 9.17) is 24.2 Å². The Balaban J connectivity index is 2.74. The molecule has 0 spiro atoms. The normalized spacial score (nSPS) is 10.8. The number of rotatable bonds is 9. The fourth-order valence-electron chi connectivity index (χ4n) is 1.37. The van der Waals surface area contributed by atoms with Gasteiger partial charge in [-0.05, 0) is 18.2 Å². The molecule has 0 amide bonds. The van der Waals surface area contributed by atoms with Gasteiger partial charge in [0.25, 0.3) is 0 Å². The molecule has 0 atom stereocenters. The number of ether oxygens (including phenoxy) is 4. The van der Waals surface area contributed by atoms with Crippen LogP contribution in [0.2, 0.25) is 0 Å². The van der Waals surface area contributed by atoms with Gasteiger partial charge in [0, 0.05) is 19.8 Å². The Morgan fingerprint density at radius 3 is 2.21 bits per heavy atom. The van der Waals surface area contributed by atoms with E-state index in [2.05, 4.69) is 5.16 Å². The van der Waals surface area contributed by atoms with E-state index in [1.54, 1.807) is 32.4 Å². The SMILES string of the molecule is COCCOc1ccc(/C=N\O)cc1OCCOC. The zero-order valence-electron chi connectivity index (χ0n) is 11.2. The molecule has 0 heterocycles. The molecular weight excluding hydrogens is 250 g/mol. The smallest absolute Gasteiger partial charge is 0.161 e. The number of oxime groups is 1. The molecule has 1 rings (SSSR count). The van der Waals surface area contributed by atoms with E-state index in [1.165, 1.54) is 6.21 Å². The molecule has 0 saturated heterocycles. The Morgan fingerprint density at radius 2 is 1.63 bits per heavy atom. The summed E-state index contributed by atoms with van der Waals surface area (Å²) in [5, 5.41) is 11.5. The molecule has 0 aliphatic heterocycles. The summed E-state index contributed by atoms with van der Waals surface area (Å²) in [6, 6.07) is 5.26. The molecule has 0 aliphatic rings. The Kier molecular flexibility index (Phi) is 7.38. The van der Waals surface area contributed by atoms with Gasteiger partial charge in [0.05, 0.1) is 19.4 Å². The first-order chi connectivity index (χ1) is 9.31. The number of hydrogen-bond donors (Lipinski definition) is 1. The molecule has 1 N–H and O–H groups in total. The predicted molar refractivity (Wildman–Crippen MR) is 70.6 cm³/mol. The first-order valence-corrected chi connectivity index (χ1v) is 5.86. The van der Waals surface area contributed by atoms with Crippen molar-refractivity contribution in [3.05, 3.63) is 23.8 Å². The molecule has 0 radical (unpaired) electrons. The van der Waals surface area contributed by atoms with E-state index in [9.17, 15) is 0 Å². The Labute approximate surface area is 112 Å². The van der Waals surface area contributed by atoms with Crippen LogP contribution in [0.5, 0.6) is 11.5 Å². The molecule has 6 nitrogen and oxygen atoms in total. The van der Waals surface area contributed by atoms with Crippen LogP contribution in [-0.2, 0) is 9.47 Å². The van der Waals surface area contributed by atoms with Crippen LogP contribution in [0.1, 0.15) is 5.56 Å². The lowest BCUT2D eigenvalue weighted by molar-refractivity contribution is 0.132. The highest BCUT2D eigenvalue weighted by Gasteiger charge is 2.06. The maximum Gasteiger partial charge on any atom is 0.161 e. The third-order valence-electron chi connectivity index (χ3n) is 2.26. The van der Waals surface area contributed by atoms with Crippen LogP contribution in [0, 0.1) is 0 Å². The summed E-state index contributed by atoms with van der Waals surface area (Å²) in [6.07, 6.45) is 1.32. The number of nitrogens with zero attached hydrogens (tertiary/aromatic N) is 1. The summed E-state index contributed by atoms with van der Waals surface area (Å²) in [5.41, 5.74) is 0.717. The maximum absolute atomic E-state index is 8.53. The van der Waals surface area contributed by atoms with Crippen molar-refractivity contribution in [2.45, 2.75) is 0 Å². The standard InChI is InChI=1S/C13H19NO5/c1-16-5-7-18-12-4-3-11(10-14-15)9-13(12)19-8-6-17-2/h3-4,9-10,15H,5-8H2,1-2H3/b14-10-. The minimum atomic E-state index is 0.414. The van der Waals surface area contributed by atoms with Crippen molar-refractivity contribution in [3.63, 3.8) is 0 Å². The molecule has 1 aromatic carbocycles. The average molecular weight is 269 g/mol. The van der Waals surface area contributed by atoms with Gasteiger partial charge in [0.15, 0.2) is 11.5 Å². The fraction of sp³-hybridized carbons (Fsp3) is 0.462. The van der Waals surface area contributed by atoms with Gasteiger partial charge in [-0.1, -0.05) is 5.16 Å². The van der Waals surface area contributed by atoms with Gasteiger partial charge in [-0.2, -0.15) is 0 Å². The molecular formula is C13H19NO5. The lowest BCUT2D eigenvalue weighted by Crippen LogP contribution is -2.08. The largest absolute Gasteiger partial charge is 0.487 e. The van der Waals surface area contributed by atoms with Crippen molar-refractivity contribution in [3.8, 4) is 11.5 Å². The lowest BCUT2D eigenvalue weighted by Gasteiger charge is -2.13. The van der Waals surface area contributed by atoms with E-state index < -0.39 is 0 Å². The van der Waals surface area contributed by atoms with Crippen LogP contribution in [-0.4, -0.2) is 52.1 Å². The van der Waals surface area contributed by atoms with Crippen molar-refractivity contribution >= 4 is 6.21 Å². The van der Waals surface area contributed by atoms with Crippen LogP contribution < -0.4 is 9.47 Å². The van der Waals surface area contributed by atoms with Crippen LogP contribution in [0.25, 0.3) is 0 Å². The molecule has 0 saturated carbocycles. The predicted octanol–water partition coefficient (Wildman–Crippen LogP) is 1.55. The molecule has 6 heteroatoms. The van der Waals surface area contributed by atoms with Crippen molar-refractivity contribution in [2.24, 2.45) is 5.16 Å². The Morgan fingerprint density at radius 1 is 1.00 bits per heavy atom. The highest BCUT2D eigenvalue weighted by atomic mass is 16.5. The molecule has 0 aliphatic carbocycles. The number of methoxy groups -OCH3 is 2. The van der Waals surface area contributed by atoms with Crippen LogP contribution in [0.4, 0.5) is 0 Å². The van der Waals surface area contributed by atoms with Gasteiger partial charge in [0.2, 0.25) is 0 Å². The molecule has 19 heavy (non-hydrogen) atoms. The van der Waals surface area contributed by atoms with Gasteiger partial charge in [0.1, 0.15) is 13.2 Å². The van der Waals surface area contributed by atoms with E-state index in [0.29, 0.717) is 43.5 Å². The van der Waals surface area contributed by atoms with E-state index in [-0.39, 0.29) is 0 Å². The van der Waals surface area contributed by atoms with Crippen LogP contribution >= 0.6 is 0 Å². The van der Waals surface area contributed by atoms with Crippen LogP contribution in [0.15, 0.2) is 23.4 Å². The minimum Gasteiger partial charge on any atom is -0.487 e. The third kappa shape index (κ3) is 5.58. The number of benzene rings is 1. The fourth-order valence-corrected chi connectivity index (χ4v) is 1.37. The minimum absolute atomic E-state index is 0.414. The second kappa shape index (κ2) is 9.18. The molecule has 0 bridgehead atoms. The van der Waals surface area contributed by atoms with Crippen LogP contribution in [0.3, 0.4) is 0 Å². The summed E-state index contributed by atoms with van der Waals surface area (Å²) >= 11 is 0. The number of hydrogen-bond acceptors (Lipinski definition) is 6. The highest BCUT2D eigenvalue weighted by Crippen LogP contribution is 2.28. The zero-order chi connectivity index (χ0) is 13.9. The van der Waals surface area contributed by atoms with Gasteiger partial charge in [-0.25, -0.2) is 0 Å². The topological polar surface area (TPSA) is 69.5 Å². The monoisotopic (exact) mass is 269 g/mol. The molecule has 0 unspecified atom stereocenters. The Hall–Kier alpha value is -1.79. The summed E-state index contributed by atoms with van der Waals surface area (Å²) in [6.45, 7) is 1.83. The summed E-state index contributed by atoms with van der Waals surface area (Å²) in [4.78, 5) is 0. The summed E-state index contributed by atoms with van der Waals surface area (Å²) in [7, 11) is 3.22. The molecule has 0 aromatic heterocycles. The third-order valence-corrected chi connectivity index (χ3v) is 2.26. The van der Waals surface area contributed by atoms with Gasteiger partial charge in [-0.15, -0.1) is 0 Å². The van der Waals surface area contributed by atoms with Crippen molar-refractivity contribution in [1.82, 2.24) is 0 Å². The summed E-state index contributed by atoms with van der Waals surface area (Å²) < 4.78 is 21.0. The quantitative estimate of drug-likeness (QED) is 0.319. The first-order valence-electron chi connectivity index (χ1n) is 5.86. The zero-order valence-corrected chi connectivity index (χ0v) is 11.2.